The van der Waals surface area contributed by atoms with Crippen molar-refractivity contribution in [3.05, 3.63) is 65.4 Å². The molecule has 0 amide bonds. The van der Waals surface area contributed by atoms with Crippen molar-refractivity contribution in [1.82, 2.24) is 9.47 Å². The normalized spacial score (nSPS) is 15.3. The summed E-state index contributed by atoms with van der Waals surface area (Å²) in [6, 6.07) is 14.3. The number of rotatable bonds is 9. The highest BCUT2D eigenvalue weighted by Crippen LogP contribution is 2.29. The Morgan fingerprint density at radius 3 is 2.66 bits per heavy atom. The number of para-hydroxylation sites is 1. The molecule has 0 saturated carbocycles. The molecule has 1 fully saturated rings. The van der Waals surface area contributed by atoms with Crippen molar-refractivity contribution in [2.24, 2.45) is 5.92 Å². The number of hydrogen-bond acceptors (Lipinski definition) is 3. The molecule has 0 unspecified atom stereocenters. The first-order valence-electron chi connectivity index (χ1n) is 11.8. The van der Waals surface area contributed by atoms with E-state index < -0.39 is 5.97 Å². The second-order valence-corrected chi connectivity index (χ2v) is 8.98. The fraction of sp³-hybridized carbons (Fsp3) is 0.444. The number of aromatic carboxylic acids is 1. The lowest BCUT2D eigenvalue weighted by molar-refractivity contribution is 0.0693. The fourth-order valence-electron chi connectivity index (χ4n) is 4.94. The van der Waals surface area contributed by atoms with Crippen molar-refractivity contribution in [1.29, 1.82) is 0 Å². The Kier molecular flexibility index (Phi) is 7.15. The van der Waals surface area contributed by atoms with Crippen LogP contribution in [0, 0.1) is 5.92 Å². The molecule has 0 atom stereocenters. The van der Waals surface area contributed by atoms with Crippen molar-refractivity contribution in [2.75, 3.05) is 20.2 Å². The Morgan fingerprint density at radius 2 is 1.94 bits per heavy atom. The molecule has 1 N–H and O–H groups in total. The van der Waals surface area contributed by atoms with E-state index in [9.17, 15) is 9.90 Å². The Hall–Kier alpha value is -2.79. The minimum absolute atomic E-state index is 0.236. The Labute approximate surface area is 190 Å². The number of carbonyl (C=O) groups is 1. The maximum absolute atomic E-state index is 11.5. The molecular formula is C27H34N2O3. The van der Waals surface area contributed by atoms with Crippen molar-refractivity contribution < 1.29 is 14.6 Å². The van der Waals surface area contributed by atoms with Crippen molar-refractivity contribution in [3.63, 3.8) is 0 Å². The van der Waals surface area contributed by atoms with E-state index >= 15 is 0 Å². The number of carboxylic acids is 1. The number of fused-ring (bicyclic) bond motifs is 1. The number of methoxy groups -OCH3 is 1. The van der Waals surface area contributed by atoms with Crippen LogP contribution >= 0.6 is 0 Å². The van der Waals surface area contributed by atoms with E-state index in [-0.39, 0.29) is 5.56 Å². The van der Waals surface area contributed by atoms with Crippen molar-refractivity contribution in [3.8, 4) is 5.75 Å². The first-order valence-corrected chi connectivity index (χ1v) is 11.8. The molecule has 0 bridgehead atoms. The van der Waals surface area contributed by atoms with Crippen LogP contribution < -0.4 is 4.74 Å². The van der Waals surface area contributed by atoms with Crippen LogP contribution in [0.5, 0.6) is 5.75 Å². The van der Waals surface area contributed by atoms with Crippen LogP contribution in [0.25, 0.3) is 10.9 Å². The van der Waals surface area contributed by atoms with Gasteiger partial charge in [0.25, 0.3) is 0 Å². The second kappa shape index (κ2) is 10.2. The maximum atomic E-state index is 11.5. The molecule has 3 aromatic rings. The van der Waals surface area contributed by atoms with Gasteiger partial charge in [0, 0.05) is 30.2 Å². The highest BCUT2D eigenvalue weighted by atomic mass is 16.5. The molecule has 2 aromatic carbocycles. The molecule has 0 radical (unpaired) electrons. The third-order valence-corrected chi connectivity index (χ3v) is 6.74. The lowest BCUT2D eigenvalue weighted by Gasteiger charge is -2.32. The molecule has 2 heterocycles. The lowest BCUT2D eigenvalue weighted by atomic mass is 9.90. The summed E-state index contributed by atoms with van der Waals surface area (Å²) in [7, 11) is 1.51. The maximum Gasteiger partial charge on any atom is 0.339 e. The van der Waals surface area contributed by atoms with E-state index in [1.807, 2.05) is 6.07 Å². The number of unbranched alkanes of at least 4 members (excludes halogenated alkanes) is 1. The first-order chi connectivity index (χ1) is 15.6. The van der Waals surface area contributed by atoms with Gasteiger partial charge in [-0.15, -0.1) is 0 Å². The number of piperidine rings is 1. The standard InChI is InChI=1S/C27H34N2O3/c1-3-4-13-29-19-22(23-7-5-6-8-25(23)29)16-20-11-14-28(15-12-20)18-21-9-10-26(32-2)24(17-21)27(30)31/h5-10,17,19-20H,3-4,11-16,18H2,1-2H3,(H,30,31). The molecule has 0 spiro atoms. The highest BCUT2D eigenvalue weighted by molar-refractivity contribution is 5.91. The largest absolute Gasteiger partial charge is 0.496 e. The van der Waals surface area contributed by atoms with E-state index in [0.29, 0.717) is 11.7 Å². The topological polar surface area (TPSA) is 54.7 Å². The van der Waals surface area contributed by atoms with Crippen LogP contribution in [-0.2, 0) is 19.5 Å². The molecule has 1 aromatic heterocycles. The fourth-order valence-corrected chi connectivity index (χ4v) is 4.94. The Balaban J connectivity index is 1.38. The summed E-state index contributed by atoms with van der Waals surface area (Å²) in [6.45, 7) is 6.22. The molecule has 1 aliphatic heterocycles. The summed E-state index contributed by atoms with van der Waals surface area (Å²) in [5.41, 5.74) is 4.11. The monoisotopic (exact) mass is 434 g/mol. The molecule has 5 nitrogen and oxygen atoms in total. The van der Waals surface area contributed by atoms with E-state index in [0.717, 1.165) is 38.2 Å². The van der Waals surface area contributed by atoms with Gasteiger partial charge in [-0.3, -0.25) is 4.90 Å². The van der Waals surface area contributed by atoms with Crippen molar-refractivity contribution >= 4 is 16.9 Å². The number of ether oxygens (including phenoxy) is 1. The Morgan fingerprint density at radius 1 is 1.16 bits per heavy atom. The predicted octanol–water partition coefficient (Wildman–Crippen LogP) is 5.60. The van der Waals surface area contributed by atoms with E-state index in [1.54, 1.807) is 12.1 Å². The zero-order valence-corrected chi connectivity index (χ0v) is 19.2. The summed E-state index contributed by atoms with van der Waals surface area (Å²) in [5.74, 6) is 0.167. The van der Waals surface area contributed by atoms with Crippen LogP contribution in [0.4, 0.5) is 0 Å². The van der Waals surface area contributed by atoms with Gasteiger partial charge in [-0.05, 0) is 74.0 Å². The van der Waals surface area contributed by atoms with E-state index in [2.05, 4.69) is 46.9 Å². The molecule has 170 valence electrons. The van der Waals surface area contributed by atoms with Gasteiger partial charge in [0.1, 0.15) is 11.3 Å². The minimum Gasteiger partial charge on any atom is -0.496 e. The molecule has 0 aliphatic carbocycles. The number of nitrogens with zero attached hydrogens (tertiary/aromatic N) is 2. The molecule has 1 saturated heterocycles. The van der Waals surface area contributed by atoms with Crippen LogP contribution in [-0.4, -0.2) is 40.7 Å². The zero-order chi connectivity index (χ0) is 22.5. The second-order valence-electron chi connectivity index (χ2n) is 8.98. The number of aryl methyl sites for hydroxylation is 1. The average Bonchev–Trinajstić information content (AvgIpc) is 3.16. The van der Waals surface area contributed by atoms with Crippen LogP contribution in [0.3, 0.4) is 0 Å². The lowest BCUT2D eigenvalue weighted by Crippen LogP contribution is -2.33. The van der Waals surface area contributed by atoms with E-state index in [1.165, 1.54) is 49.3 Å². The summed E-state index contributed by atoms with van der Waals surface area (Å²) >= 11 is 0. The average molecular weight is 435 g/mol. The van der Waals surface area contributed by atoms with Gasteiger partial charge < -0.3 is 14.4 Å². The number of aromatic nitrogens is 1. The quantitative estimate of drug-likeness (QED) is 0.476. The smallest absolute Gasteiger partial charge is 0.339 e. The highest BCUT2D eigenvalue weighted by Gasteiger charge is 2.22. The number of likely N-dealkylation sites (tertiary alicyclic amines) is 1. The molecule has 1 aliphatic rings. The van der Waals surface area contributed by atoms with Gasteiger partial charge in [-0.2, -0.15) is 0 Å². The number of hydrogen-bond donors (Lipinski definition) is 1. The number of carboxylic acid groups (broad SMARTS) is 1. The minimum atomic E-state index is -0.944. The van der Waals surface area contributed by atoms with Gasteiger partial charge in [-0.1, -0.05) is 37.6 Å². The van der Waals surface area contributed by atoms with Gasteiger partial charge in [0.05, 0.1) is 7.11 Å². The van der Waals surface area contributed by atoms with E-state index in [4.69, 9.17) is 4.74 Å². The zero-order valence-electron chi connectivity index (χ0n) is 19.2. The SMILES string of the molecule is CCCCn1cc(CC2CCN(Cc3ccc(OC)c(C(=O)O)c3)CC2)c2ccccc21. The predicted molar refractivity (Wildman–Crippen MR) is 129 cm³/mol. The summed E-state index contributed by atoms with van der Waals surface area (Å²) < 4.78 is 7.62. The molecule has 5 heteroatoms. The molecular weight excluding hydrogens is 400 g/mol. The third-order valence-electron chi connectivity index (χ3n) is 6.74. The van der Waals surface area contributed by atoms with Gasteiger partial charge in [0.15, 0.2) is 0 Å². The molecule has 32 heavy (non-hydrogen) atoms. The summed E-state index contributed by atoms with van der Waals surface area (Å²) in [5, 5.41) is 10.8. The van der Waals surface area contributed by atoms with Crippen molar-refractivity contribution in [2.45, 2.75) is 52.1 Å². The van der Waals surface area contributed by atoms with Crippen LogP contribution in [0.2, 0.25) is 0 Å². The van der Waals surface area contributed by atoms with Crippen LogP contribution in [0.1, 0.15) is 54.1 Å². The van der Waals surface area contributed by atoms with Crippen LogP contribution in [0.15, 0.2) is 48.7 Å². The van der Waals surface area contributed by atoms with Gasteiger partial charge >= 0.3 is 5.97 Å². The molecule has 4 rings (SSSR count). The Bertz CT molecular complexity index is 1060. The summed E-state index contributed by atoms with van der Waals surface area (Å²) in [6.07, 6.45) is 8.30. The first kappa shape index (κ1) is 22.4. The summed E-state index contributed by atoms with van der Waals surface area (Å²) in [4.78, 5) is 13.9. The van der Waals surface area contributed by atoms with Gasteiger partial charge in [0.2, 0.25) is 0 Å². The van der Waals surface area contributed by atoms with Gasteiger partial charge in [-0.25, -0.2) is 4.79 Å². The number of benzene rings is 2. The third kappa shape index (κ3) is 4.99.